The molecule has 0 aromatic rings. The van der Waals surface area contributed by atoms with Crippen molar-refractivity contribution in [3.05, 3.63) is 0 Å². The van der Waals surface area contributed by atoms with Crippen molar-refractivity contribution in [1.29, 1.82) is 0 Å². The van der Waals surface area contributed by atoms with Gasteiger partial charge in [-0.2, -0.15) is 11.8 Å². The summed E-state index contributed by atoms with van der Waals surface area (Å²) in [5.41, 5.74) is 0.450. The van der Waals surface area contributed by atoms with E-state index in [1.165, 1.54) is 18.1 Å². The van der Waals surface area contributed by atoms with Crippen LogP contribution in [0.3, 0.4) is 0 Å². The minimum Gasteiger partial charge on any atom is -0.301 e. The maximum absolute atomic E-state index is 2.53. The lowest BCUT2D eigenvalue weighted by Gasteiger charge is -2.38. The molecule has 1 saturated heterocycles. The van der Waals surface area contributed by atoms with Crippen LogP contribution in [0.1, 0.15) is 27.7 Å². The normalized spacial score (nSPS) is 21.7. The smallest absolute Gasteiger partial charge is 0.0274 e. The number of hydrogen-bond donors (Lipinski definition) is 0. The number of nitrogens with zero attached hydrogens (tertiary/aromatic N) is 1. The summed E-state index contributed by atoms with van der Waals surface area (Å²) in [6.07, 6.45) is 0. The first kappa shape index (κ1) is 11.4. The summed E-state index contributed by atoms with van der Waals surface area (Å²) >= 11 is 2.07. The maximum Gasteiger partial charge on any atom is 0.0274 e. The first-order chi connectivity index (χ1) is 5.91. The zero-order chi connectivity index (χ0) is 10.1. The van der Waals surface area contributed by atoms with Gasteiger partial charge in [0.2, 0.25) is 0 Å². The molecule has 1 nitrogen and oxygen atoms in total. The van der Waals surface area contributed by atoms with Crippen molar-refractivity contribution in [3.63, 3.8) is 0 Å². The van der Waals surface area contributed by atoms with Gasteiger partial charge in [0, 0.05) is 24.1 Å². The van der Waals surface area contributed by atoms with Crippen molar-refractivity contribution in [2.45, 2.75) is 33.7 Å². The molecule has 1 fully saturated rings. The van der Waals surface area contributed by atoms with Gasteiger partial charge in [-0.15, -0.1) is 0 Å². The Morgan fingerprint density at radius 3 is 2.23 bits per heavy atom. The van der Waals surface area contributed by atoms with Gasteiger partial charge in [0.05, 0.1) is 0 Å². The van der Waals surface area contributed by atoms with Crippen LogP contribution in [-0.2, 0) is 0 Å². The zero-order valence-electron chi connectivity index (χ0n) is 9.63. The Bertz CT molecular complexity index is 158. The molecule has 0 aromatic carbocycles. The fourth-order valence-electron chi connectivity index (χ4n) is 1.33. The van der Waals surface area contributed by atoms with E-state index in [1.807, 2.05) is 0 Å². The molecule has 1 unspecified atom stereocenters. The fourth-order valence-corrected chi connectivity index (χ4v) is 2.29. The van der Waals surface area contributed by atoms with E-state index in [1.54, 1.807) is 0 Å². The predicted molar refractivity (Wildman–Crippen MR) is 62.4 cm³/mol. The van der Waals surface area contributed by atoms with Gasteiger partial charge in [-0.25, -0.2) is 0 Å². The first-order valence-corrected chi connectivity index (χ1v) is 6.34. The molecule has 1 aliphatic heterocycles. The Morgan fingerprint density at radius 1 is 1.38 bits per heavy atom. The van der Waals surface area contributed by atoms with E-state index in [-0.39, 0.29) is 0 Å². The summed E-state index contributed by atoms with van der Waals surface area (Å²) in [6.45, 7) is 10.6. The number of rotatable bonds is 3. The largest absolute Gasteiger partial charge is 0.301 e. The highest BCUT2D eigenvalue weighted by Gasteiger charge is 2.27. The van der Waals surface area contributed by atoms with E-state index in [4.69, 9.17) is 0 Å². The minimum atomic E-state index is 0.450. The second kappa shape index (κ2) is 4.22. The second-order valence-corrected chi connectivity index (χ2v) is 6.47. The van der Waals surface area contributed by atoms with Gasteiger partial charge >= 0.3 is 0 Å². The molecular weight excluding hydrogens is 178 g/mol. The molecule has 78 valence electrons. The molecule has 0 radical (unpaired) electrons. The summed E-state index contributed by atoms with van der Waals surface area (Å²) in [5, 5.41) is 0. The molecule has 1 atom stereocenters. The molecule has 0 aliphatic carbocycles. The molecule has 1 rings (SSSR count). The minimum absolute atomic E-state index is 0.450. The average molecular weight is 201 g/mol. The van der Waals surface area contributed by atoms with Gasteiger partial charge in [-0.3, -0.25) is 0 Å². The van der Waals surface area contributed by atoms with Gasteiger partial charge in [-0.1, -0.05) is 27.7 Å². The molecule has 2 heteroatoms. The standard InChI is InChI=1S/C11H23NS/c1-9(11(2,3)4)6-12(5)10-7-13-8-10/h9-10H,6-8H2,1-5H3. The summed E-state index contributed by atoms with van der Waals surface area (Å²) in [4.78, 5) is 2.53. The topological polar surface area (TPSA) is 3.24 Å². The number of thioether (sulfide) groups is 1. The lowest BCUT2D eigenvalue weighted by Crippen LogP contribution is -2.45. The molecule has 1 heterocycles. The van der Waals surface area contributed by atoms with E-state index in [9.17, 15) is 0 Å². The van der Waals surface area contributed by atoms with Crippen LogP contribution in [0.2, 0.25) is 0 Å². The van der Waals surface area contributed by atoms with E-state index in [0.29, 0.717) is 5.41 Å². The van der Waals surface area contributed by atoms with Crippen LogP contribution in [-0.4, -0.2) is 36.0 Å². The molecule has 0 bridgehead atoms. The van der Waals surface area contributed by atoms with Crippen LogP contribution in [0.4, 0.5) is 0 Å². The third-order valence-corrected chi connectivity index (χ3v) is 4.53. The molecule has 0 amide bonds. The average Bonchev–Trinajstić information content (AvgIpc) is 1.79. The van der Waals surface area contributed by atoms with Gasteiger partial charge in [0.15, 0.2) is 0 Å². The van der Waals surface area contributed by atoms with E-state index in [2.05, 4.69) is 51.4 Å². The van der Waals surface area contributed by atoms with Crippen molar-refractivity contribution in [3.8, 4) is 0 Å². The molecular formula is C11H23NS. The maximum atomic E-state index is 2.53. The summed E-state index contributed by atoms with van der Waals surface area (Å²) in [7, 11) is 2.27. The van der Waals surface area contributed by atoms with Crippen LogP contribution in [0.25, 0.3) is 0 Å². The Balaban J connectivity index is 2.30. The zero-order valence-corrected chi connectivity index (χ0v) is 10.4. The highest BCUT2D eigenvalue weighted by molar-refractivity contribution is 8.00. The molecule has 0 aromatic heterocycles. The van der Waals surface area contributed by atoms with Crippen LogP contribution in [0.15, 0.2) is 0 Å². The third kappa shape index (κ3) is 3.17. The van der Waals surface area contributed by atoms with Crippen molar-refractivity contribution in [2.24, 2.45) is 11.3 Å². The number of hydrogen-bond acceptors (Lipinski definition) is 2. The van der Waals surface area contributed by atoms with E-state index >= 15 is 0 Å². The lowest BCUT2D eigenvalue weighted by atomic mass is 9.82. The van der Waals surface area contributed by atoms with Crippen molar-refractivity contribution < 1.29 is 0 Å². The van der Waals surface area contributed by atoms with Crippen molar-refractivity contribution >= 4 is 11.8 Å². The monoisotopic (exact) mass is 201 g/mol. The Morgan fingerprint density at radius 2 is 1.92 bits per heavy atom. The van der Waals surface area contributed by atoms with Crippen molar-refractivity contribution in [2.75, 3.05) is 25.1 Å². The van der Waals surface area contributed by atoms with Crippen molar-refractivity contribution in [1.82, 2.24) is 4.90 Å². The molecule has 0 N–H and O–H groups in total. The van der Waals surface area contributed by atoms with Crippen LogP contribution in [0.5, 0.6) is 0 Å². The molecule has 0 saturated carbocycles. The summed E-state index contributed by atoms with van der Waals surface area (Å²) in [6, 6.07) is 0.856. The van der Waals surface area contributed by atoms with E-state index in [0.717, 1.165) is 12.0 Å². The quantitative estimate of drug-likeness (QED) is 0.691. The lowest BCUT2D eigenvalue weighted by molar-refractivity contribution is 0.160. The summed E-state index contributed by atoms with van der Waals surface area (Å²) < 4.78 is 0. The van der Waals surface area contributed by atoms with E-state index < -0.39 is 0 Å². The molecule has 13 heavy (non-hydrogen) atoms. The van der Waals surface area contributed by atoms with Gasteiger partial charge < -0.3 is 4.90 Å². The fraction of sp³-hybridized carbons (Fsp3) is 1.00. The van der Waals surface area contributed by atoms with Gasteiger partial charge in [0.1, 0.15) is 0 Å². The Kier molecular flexibility index (Phi) is 3.70. The van der Waals surface area contributed by atoms with Crippen LogP contribution >= 0.6 is 11.8 Å². The summed E-state index contributed by atoms with van der Waals surface area (Å²) in [5.74, 6) is 3.46. The van der Waals surface area contributed by atoms with Gasteiger partial charge in [-0.05, 0) is 18.4 Å². The first-order valence-electron chi connectivity index (χ1n) is 5.19. The second-order valence-electron chi connectivity index (χ2n) is 5.40. The van der Waals surface area contributed by atoms with Crippen LogP contribution < -0.4 is 0 Å². The Labute approximate surface area is 87.3 Å². The highest BCUT2D eigenvalue weighted by atomic mass is 32.2. The SMILES string of the molecule is CC(CN(C)C1CSC1)C(C)(C)C. The highest BCUT2D eigenvalue weighted by Crippen LogP contribution is 2.28. The Hall–Kier alpha value is 0.310. The van der Waals surface area contributed by atoms with Gasteiger partial charge in [0.25, 0.3) is 0 Å². The molecule has 0 spiro atoms. The van der Waals surface area contributed by atoms with Crippen LogP contribution in [0, 0.1) is 11.3 Å². The third-order valence-electron chi connectivity index (χ3n) is 3.28. The molecule has 1 aliphatic rings. The predicted octanol–water partition coefficient (Wildman–Crippen LogP) is 2.72.